The molecule has 13 heavy (non-hydrogen) atoms. The molecule has 2 rings (SSSR count). The molecule has 0 aliphatic carbocycles. The molecule has 1 fully saturated rings. The normalized spacial score (nSPS) is 36.4. The molecule has 2 nitrogen and oxygen atoms in total. The van der Waals surface area contributed by atoms with Crippen LogP contribution in [0.25, 0.3) is 0 Å². The molecule has 3 heteroatoms. The lowest BCUT2D eigenvalue weighted by molar-refractivity contribution is 0.192. The van der Waals surface area contributed by atoms with E-state index in [0.29, 0.717) is 0 Å². The fourth-order valence-electron chi connectivity index (χ4n) is 2.11. The van der Waals surface area contributed by atoms with E-state index in [4.69, 9.17) is 0 Å². The highest BCUT2D eigenvalue weighted by molar-refractivity contribution is 5.07. The van der Waals surface area contributed by atoms with Crippen molar-refractivity contribution in [2.24, 2.45) is 0 Å². The summed E-state index contributed by atoms with van der Waals surface area (Å²) >= 11 is 0. The van der Waals surface area contributed by atoms with Gasteiger partial charge in [-0.2, -0.15) is 0 Å². The molecule has 2 aliphatic heterocycles. The Kier molecular flexibility index (Phi) is 2.96. The molecule has 2 heterocycles. The zero-order valence-electron chi connectivity index (χ0n) is 7.80. The van der Waals surface area contributed by atoms with Gasteiger partial charge < -0.3 is 10.6 Å². The largest absolute Gasteiger partial charge is 0.311 e. The molecule has 2 N–H and O–H groups in total. The van der Waals surface area contributed by atoms with Crippen LogP contribution in [0.1, 0.15) is 19.3 Å². The first-order valence-electron chi connectivity index (χ1n) is 5.15. The maximum atomic E-state index is 13.8. The van der Waals surface area contributed by atoms with E-state index in [1.54, 1.807) is 0 Å². The molecule has 0 aromatic rings. The van der Waals surface area contributed by atoms with Crippen LogP contribution in [0, 0.1) is 0 Å². The lowest BCUT2D eigenvalue weighted by Gasteiger charge is -2.29. The molecular formula is C10H17FN2. The number of piperidine rings is 1. The van der Waals surface area contributed by atoms with Gasteiger partial charge in [0.2, 0.25) is 0 Å². The Bertz CT molecular complexity index is 187. The van der Waals surface area contributed by atoms with Crippen molar-refractivity contribution >= 4 is 0 Å². The predicted molar refractivity (Wildman–Crippen MR) is 51.5 cm³/mol. The highest BCUT2D eigenvalue weighted by atomic mass is 19.1. The minimum atomic E-state index is -0.765. The Labute approximate surface area is 78.6 Å². The Balaban J connectivity index is 1.87. The molecule has 0 saturated carbocycles. The van der Waals surface area contributed by atoms with Crippen LogP contribution in [-0.2, 0) is 0 Å². The fraction of sp³-hybridized carbons (Fsp3) is 0.800. The molecule has 0 aromatic heterocycles. The van der Waals surface area contributed by atoms with Gasteiger partial charge in [0.1, 0.15) is 6.17 Å². The number of alkyl halides is 1. The zero-order valence-corrected chi connectivity index (χ0v) is 7.80. The van der Waals surface area contributed by atoms with Crippen molar-refractivity contribution in [2.75, 3.05) is 13.1 Å². The minimum Gasteiger partial charge on any atom is -0.311 e. The maximum Gasteiger partial charge on any atom is 0.134 e. The maximum absolute atomic E-state index is 13.8. The third-order valence-electron chi connectivity index (χ3n) is 2.89. The topological polar surface area (TPSA) is 24.1 Å². The second kappa shape index (κ2) is 4.20. The van der Waals surface area contributed by atoms with Crippen molar-refractivity contribution in [1.82, 2.24) is 10.6 Å². The number of rotatable bonds is 2. The van der Waals surface area contributed by atoms with E-state index in [2.05, 4.69) is 10.6 Å². The first-order chi connectivity index (χ1) is 6.38. The van der Waals surface area contributed by atoms with E-state index >= 15 is 0 Å². The number of nitrogens with one attached hydrogen (secondary N) is 2. The second-order valence-corrected chi connectivity index (χ2v) is 3.86. The predicted octanol–water partition coefficient (Wildman–Crippen LogP) is 0.995. The van der Waals surface area contributed by atoms with Crippen LogP contribution in [0.5, 0.6) is 0 Å². The van der Waals surface area contributed by atoms with Gasteiger partial charge in [0.25, 0.3) is 0 Å². The fourth-order valence-corrected chi connectivity index (χ4v) is 2.11. The molecule has 0 amide bonds. The first kappa shape index (κ1) is 9.16. The third kappa shape index (κ3) is 2.09. The summed E-state index contributed by atoms with van der Waals surface area (Å²) < 4.78 is 13.8. The van der Waals surface area contributed by atoms with Gasteiger partial charge in [-0.1, -0.05) is 18.6 Å². The van der Waals surface area contributed by atoms with E-state index < -0.39 is 6.17 Å². The van der Waals surface area contributed by atoms with Crippen LogP contribution in [-0.4, -0.2) is 31.3 Å². The van der Waals surface area contributed by atoms with Crippen molar-refractivity contribution in [1.29, 1.82) is 0 Å². The smallest absolute Gasteiger partial charge is 0.134 e. The highest BCUT2D eigenvalue weighted by Crippen LogP contribution is 2.17. The van der Waals surface area contributed by atoms with E-state index in [0.717, 1.165) is 25.9 Å². The van der Waals surface area contributed by atoms with Crippen LogP contribution >= 0.6 is 0 Å². The summed E-state index contributed by atoms with van der Waals surface area (Å²) in [6.07, 6.45) is 6.51. The lowest BCUT2D eigenvalue weighted by atomic mass is 9.97. The van der Waals surface area contributed by atoms with E-state index in [1.807, 2.05) is 12.2 Å². The molecular weight excluding hydrogens is 167 g/mol. The summed E-state index contributed by atoms with van der Waals surface area (Å²) in [6, 6.07) is 0.00426. The van der Waals surface area contributed by atoms with Gasteiger partial charge in [0.05, 0.1) is 6.04 Å². The van der Waals surface area contributed by atoms with Crippen LogP contribution in [0.15, 0.2) is 12.2 Å². The van der Waals surface area contributed by atoms with Crippen LogP contribution in [0.2, 0.25) is 0 Å². The number of halogens is 1. The van der Waals surface area contributed by atoms with Gasteiger partial charge in [0.15, 0.2) is 0 Å². The van der Waals surface area contributed by atoms with Gasteiger partial charge in [-0.3, -0.25) is 0 Å². The summed E-state index contributed by atoms with van der Waals surface area (Å²) in [4.78, 5) is 0. The Morgan fingerprint density at radius 3 is 2.85 bits per heavy atom. The van der Waals surface area contributed by atoms with Crippen molar-refractivity contribution in [3.8, 4) is 0 Å². The summed E-state index contributed by atoms with van der Waals surface area (Å²) in [5, 5.41) is 6.37. The molecule has 3 atom stereocenters. The number of hydrogen-bond donors (Lipinski definition) is 2. The molecule has 74 valence electrons. The van der Waals surface area contributed by atoms with Crippen molar-refractivity contribution in [3.63, 3.8) is 0 Å². The standard InChI is InChI=1S/C10H17FN2/c11-10(9-5-3-7-13-9)8-4-1-2-6-12-8/h3,5,8-10,12-13H,1-2,4,6-7H2. The van der Waals surface area contributed by atoms with Crippen molar-refractivity contribution in [2.45, 2.75) is 37.5 Å². The summed E-state index contributed by atoms with van der Waals surface area (Å²) in [5.41, 5.74) is 0. The molecule has 2 aliphatic rings. The lowest BCUT2D eigenvalue weighted by Crippen LogP contribution is -2.48. The SMILES string of the molecule is FC(C1C=CCN1)C1CCCCN1. The zero-order chi connectivity index (χ0) is 9.10. The Morgan fingerprint density at radius 2 is 2.23 bits per heavy atom. The number of hydrogen-bond acceptors (Lipinski definition) is 2. The monoisotopic (exact) mass is 184 g/mol. The Hall–Kier alpha value is -0.410. The molecule has 0 spiro atoms. The first-order valence-corrected chi connectivity index (χ1v) is 5.15. The van der Waals surface area contributed by atoms with Gasteiger partial charge >= 0.3 is 0 Å². The van der Waals surface area contributed by atoms with Crippen LogP contribution < -0.4 is 10.6 Å². The van der Waals surface area contributed by atoms with Gasteiger partial charge in [-0.25, -0.2) is 4.39 Å². The van der Waals surface area contributed by atoms with E-state index in [9.17, 15) is 4.39 Å². The molecule has 1 saturated heterocycles. The van der Waals surface area contributed by atoms with Gasteiger partial charge in [-0.15, -0.1) is 0 Å². The average Bonchev–Trinajstić information content (AvgIpc) is 2.71. The van der Waals surface area contributed by atoms with E-state index in [-0.39, 0.29) is 12.1 Å². The van der Waals surface area contributed by atoms with Gasteiger partial charge in [-0.05, 0) is 19.4 Å². The minimum absolute atomic E-state index is 0.0596. The summed E-state index contributed by atoms with van der Waals surface area (Å²) in [7, 11) is 0. The molecule has 0 radical (unpaired) electrons. The Morgan fingerprint density at radius 1 is 1.31 bits per heavy atom. The summed E-state index contributed by atoms with van der Waals surface area (Å²) in [5.74, 6) is 0. The second-order valence-electron chi connectivity index (χ2n) is 3.86. The van der Waals surface area contributed by atoms with Crippen LogP contribution in [0.4, 0.5) is 4.39 Å². The van der Waals surface area contributed by atoms with Crippen molar-refractivity contribution < 1.29 is 4.39 Å². The molecule has 0 bridgehead atoms. The quantitative estimate of drug-likeness (QED) is 0.625. The highest BCUT2D eigenvalue weighted by Gasteiger charge is 2.29. The van der Waals surface area contributed by atoms with E-state index in [1.165, 1.54) is 6.42 Å². The van der Waals surface area contributed by atoms with Crippen LogP contribution in [0.3, 0.4) is 0 Å². The average molecular weight is 184 g/mol. The van der Waals surface area contributed by atoms with Gasteiger partial charge in [0, 0.05) is 12.6 Å². The third-order valence-corrected chi connectivity index (χ3v) is 2.89. The molecule has 3 unspecified atom stereocenters. The molecule has 0 aromatic carbocycles. The van der Waals surface area contributed by atoms with Crippen molar-refractivity contribution in [3.05, 3.63) is 12.2 Å². The summed E-state index contributed by atoms with van der Waals surface area (Å²) in [6.45, 7) is 1.79.